The first-order chi connectivity index (χ1) is 8.72. The van der Waals surface area contributed by atoms with Crippen molar-refractivity contribution in [3.05, 3.63) is 58.2 Å². The number of benzene rings is 1. The minimum absolute atomic E-state index is 0.0308. The Morgan fingerprint density at radius 2 is 2.00 bits per heavy atom. The normalized spacial score (nSPS) is 13.3. The molecule has 0 unspecified atom stereocenters. The van der Waals surface area contributed by atoms with Gasteiger partial charge < -0.3 is 0 Å². The highest BCUT2D eigenvalue weighted by molar-refractivity contribution is 5.76. The maximum atomic E-state index is 10.5. The molecule has 0 aromatic heterocycles. The summed E-state index contributed by atoms with van der Waals surface area (Å²) < 4.78 is 0. The number of allylic oxidation sites excluding steroid dienone is 2. The van der Waals surface area contributed by atoms with Gasteiger partial charge in [-0.15, -0.1) is 4.99 Å². The first-order valence-corrected chi connectivity index (χ1v) is 4.79. The molecule has 0 N–H and O–H groups in total. The summed E-state index contributed by atoms with van der Waals surface area (Å²) in [4.78, 5) is 32.8. The van der Waals surface area contributed by atoms with Crippen molar-refractivity contribution in [2.75, 3.05) is 0 Å². The summed E-state index contributed by atoms with van der Waals surface area (Å²) in [5, 5.41) is 10.5. The fraction of sp³-hybridized carbons (Fsp3) is 0. The van der Waals surface area contributed by atoms with Crippen molar-refractivity contribution in [1.82, 2.24) is 0 Å². The summed E-state index contributed by atoms with van der Waals surface area (Å²) >= 11 is 0. The molecule has 0 saturated heterocycles. The number of carbonyl (C=O) groups excluding carboxylic acids is 1. The average Bonchev–Trinajstić information content (AvgIpc) is 2.40. The second-order valence-corrected chi connectivity index (χ2v) is 3.21. The van der Waals surface area contributed by atoms with Gasteiger partial charge in [-0.25, -0.2) is 4.79 Å². The number of hydrogen-bond acceptors (Lipinski definition) is 6. The molecule has 0 saturated carbocycles. The highest BCUT2D eigenvalue weighted by Crippen LogP contribution is 2.26. The Hall–Kier alpha value is -2.92. The molecule has 1 aliphatic rings. The van der Waals surface area contributed by atoms with Crippen molar-refractivity contribution in [2.45, 2.75) is 0 Å². The molecule has 0 aliphatic carbocycles. The van der Waals surface area contributed by atoms with Gasteiger partial charge in [-0.05, 0) is 23.8 Å². The minimum atomic E-state index is -0.501. The van der Waals surface area contributed by atoms with E-state index in [1.807, 2.05) is 0 Å². The number of nitro benzene ring substituents is 1. The number of nitrogens with zero attached hydrogens (tertiary/aromatic N) is 2. The number of rotatable bonds is 3. The summed E-state index contributed by atoms with van der Waals surface area (Å²) in [5.74, 6) is -0.0543. The predicted octanol–water partition coefficient (Wildman–Crippen LogP) is 2.07. The van der Waals surface area contributed by atoms with Crippen molar-refractivity contribution in [2.24, 2.45) is 4.99 Å². The number of isocyanates is 1. The van der Waals surface area contributed by atoms with Crippen molar-refractivity contribution >= 4 is 17.3 Å². The van der Waals surface area contributed by atoms with Gasteiger partial charge in [0.05, 0.1) is 10.5 Å². The van der Waals surface area contributed by atoms with E-state index in [0.29, 0.717) is 11.1 Å². The van der Waals surface area contributed by atoms with Gasteiger partial charge in [0.25, 0.3) is 11.6 Å². The predicted molar refractivity (Wildman–Crippen MR) is 59.4 cm³/mol. The van der Waals surface area contributed by atoms with Crippen LogP contribution in [-0.2, 0) is 14.6 Å². The SMILES string of the molecule is O=C=NC1=C(c2ccc([N+](=O)[O-])cc2)C=COO1. The zero-order chi connectivity index (χ0) is 13.0. The van der Waals surface area contributed by atoms with Gasteiger partial charge >= 0.3 is 0 Å². The first-order valence-electron chi connectivity index (χ1n) is 4.79. The lowest BCUT2D eigenvalue weighted by molar-refractivity contribution is -0.384. The third kappa shape index (κ3) is 2.26. The van der Waals surface area contributed by atoms with E-state index in [-0.39, 0.29) is 11.6 Å². The lowest BCUT2D eigenvalue weighted by atomic mass is 10.1. The highest BCUT2D eigenvalue weighted by atomic mass is 17.2. The Morgan fingerprint density at radius 1 is 1.28 bits per heavy atom. The van der Waals surface area contributed by atoms with E-state index in [2.05, 4.69) is 9.88 Å². The van der Waals surface area contributed by atoms with E-state index < -0.39 is 4.92 Å². The second kappa shape index (κ2) is 4.94. The Bertz CT molecular complexity index is 582. The Kier molecular flexibility index (Phi) is 3.17. The monoisotopic (exact) mass is 246 g/mol. The number of nitro groups is 1. The van der Waals surface area contributed by atoms with Crippen LogP contribution in [0.15, 0.2) is 47.5 Å². The number of aliphatic imine (C=N–C) groups is 1. The Labute approximate surface area is 101 Å². The summed E-state index contributed by atoms with van der Waals surface area (Å²) in [6.45, 7) is 0. The topological polar surface area (TPSA) is 91.0 Å². The Morgan fingerprint density at radius 3 is 2.61 bits per heavy atom. The van der Waals surface area contributed by atoms with Gasteiger partial charge in [0, 0.05) is 12.1 Å². The van der Waals surface area contributed by atoms with Gasteiger partial charge in [0.15, 0.2) is 0 Å². The molecule has 7 heteroatoms. The molecule has 0 radical (unpaired) electrons. The van der Waals surface area contributed by atoms with Crippen LogP contribution in [0.1, 0.15) is 5.56 Å². The molecule has 1 aromatic carbocycles. The number of non-ortho nitro benzene ring substituents is 1. The summed E-state index contributed by atoms with van der Waals surface area (Å²) in [5.41, 5.74) is 1.05. The van der Waals surface area contributed by atoms with Gasteiger partial charge in [0.2, 0.25) is 6.08 Å². The zero-order valence-corrected chi connectivity index (χ0v) is 8.90. The van der Waals surface area contributed by atoms with Gasteiger partial charge in [-0.3, -0.25) is 19.9 Å². The third-order valence-electron chi connectivity index (χ3n) is 2.18. The quantitative estimate of drug-likeness (QED) is 0.267. The molecule has 18 heavy (non-hydrogen) atoms. The van der Waals surface area contributed by atoms with Crippen molar-refractivity contribution in [1.29, 1.82) is 0 Å². The van der Waals surface area contributed by atoms with E-state index >= 15 is 0 Å². The first kappa shape index (κ1) is 11.6. The number of hydrogen-bond donors (Lipinski definition) is 0. The molecule has 1 heterocycles. The zero-order valence-electron chi connectivity index (χ0n) is 8.90. The van der Waals surface area contributed by atoms with Crippen LogP contribution in [0, 0.1) is 10.1 Å². The van der Waals surface area contributed by atoms with E-state index in [0.717, 1.165) is 0 Å². The maximum Gasteiger partial charge on any atom is 0.288 e. The molecule has 1 aromatic rings. The molecule has 0 amide bonds. The highest BCUT2D eigenvalue weighted by Gasteiger charge is 2.14. The van der Waals surface area contributed by atoms with Crippen LogP contribution in [0.5, 0.6) is 0 Å². The van der Waals surface area contributed by atoms with Crippen LogP contribution in [0.3, 0.4) is 0 Å². The van der Waals surface area contributed by atoms with E-state index in [1.54, 1.807) is 0 Å². The van der Waals surface area contributed by atoms with Crippen LogP contribution in [-0.4, -0.2) is 11.0 Å². The molecule has 0 spiro atoms. The van der Waals surface area contributed by atoms with Gasteiger partial charge in [0.1, 0.15) is 6.26 Å². The summed E-state index contributed by atoms with van der Waals surface area (Å²) in [6.07, 6.45) is 4.13. The maximum absolute atomic E-state index is 10.5. The van der Waals surface area contributed by atoms with Crippen LogP contribution in [0.2, 0.25) is 0 Å². The van der Waals surface area contributed by atoms with Gasteiger partial charge in [-0.1, -0.05) is 0 Å². The molecular weight excluding hydrogens is 240 g/mol. The van der Waals surface area contributed by atoms with E-state index in [1.165, 1.54) is 42.7 Å². The molecule has 0 atom stereocenters. The summed E-state index contributed by atoms with van der Waals surface area (Å²) in [6, 6.07) is 5.72. The fourth-order valence-corrected chi connectivity index (χ4v) is 1.39. The smallest absolute Gasteiger partial charge is 0.288 e. The van der Waals surface area contributed by atoms with Gasteiger partial charge in [-0.2, -0.15) is 0 Å². The lowest BCUT2D eigenvalue weighted by Crippen LogP contribution is -1.98. The molecule has 1 aliphatic heterocycles. The Balaban J connectivity index is 2.43. The van der Waals surface area contributed by atoms with Crippen LogP contribution < -0.4 is 0 Å². The van der Waals surface area contributed by atoms with Crippen molar-refractivity contribution in [3.63, 3.8) is 0 Å². The molecule has 90 valence electrons. The minimum Gasteiger partial charge on any atom is -0.296 e. The van der Waals surface area contributed by atoms with Crippen LogP contribution in [0.25, 0.3) is 5.57 Å². The third-order valence-corrected chi connectivity index (χ3v) is 2.18. The summed E-state index contributed by atoms with van der Waals surface area (Å²) in [7, 11) is 0. The largest absolute Gasteiger partial charge is 0.296 e. The van der Waals surface area contributed by atoms with Crippen LogP contribution in [0.4, 0.5) is 5.69 Å². The van der Waals surface area contributed by atoms with E-state index in [4.69, 9.17) is 4.89 Å². The molecular formula is C11H6N2O5. The van der Waals surface area contributed by atoms with Crippen molar-refractivity contribution < 1.29 is 19.5 Å². The average molecular weight is 246 g/mol. The molecule has 0 fully saturated rings. The molecule has 7 nitrogen and oxygen atoms in total. The van der Waals surface area contributed by atoms with Crippen LogP contribution >= 0.6 is 0 Å². The molecule has 2 rings (SSSR count). The van der Waals surface area contributed by atoms with Crippen molar-refractivity contribution in [3.8, 4) is 0 Å². The van der Waals surface area contributed by atoms with E-state index in [9.17, 15) is 14.9 Å². The lowest BCUT2D eigenvalue weighted by Gasteiger charge is -2.10. The standard InChI is InChI=1S/C11H6N2O5/c14-7-12-11-10(5-6-17-18-11)8-1-3-9(4-2-8)13(15)16/h1-6H. The fourth-order valence-electron chi connectivity index (χ4n) is 1.39. The second-order valence-electron chi connectivity index (χ2n) is 3.21. The molecule has 0 bridgehead atoms.